The van der Waals surface area contributed by atoms with E-state index in [1.165, 1.54) is 0 Å². The monoisotopic (exact) mass is 380 g/mol. The van der Waals surface area contributed by atoms with E-state index in [1.54, 1.807) is 0 Å². The molecule has 0 saturated heterocycles. The molecule has 0 fully saturated rings. The highest BCUT2D eigenvalue weighted by Gasteiger charge is 2.25. The molecule has 0 radical (unpaired) electrons. The predicted molar refractivity (Wildman–Crippen MR) is 101 cm³/mol. The third-order valence-corrected chi connectivity index (χ3v) is 5.28. The molecule has 0 heterocycles. The zero-order valence-corrected chi connectivity index (χ0v) is 18.3. The summed E-state index contributed by atoms with van der Waals surface area (Å²) in [6.07, 6.45) is 5.19. The summed E-state index contributed by atoms with van der Waals surface area (Å²) in [5.74, 6) is 0. The first-order chi connectivity index (χ1) is 12.0. The molecule has 0 bridgehead atoms. The van der Waals surface area contributed by atoms with E-state index in [-0.39, 0.29) is 18.9 Å². The molecule has 3 unspecified atom stereocenters. The standard InChI is InChI=1S/C18H40O6Si/c1-7-10-13-19-16(4)22-25(23-17(5)20-14-11-8-2)24-18(6)21-15-12-9-3/h16-18,25H,7-15H2,1-6H3. The molecule has 0 aromatic heterocycles. The lowest BCUT2D eigenvalue weighted by Crippen LogP contribution is -2.39. The van der Waals surface area contributed by atoms with Crippen LogP contribution in [0.15, 0.2) is 0 Å². The first-order valence-corrected chi connectivity index (χ1v) is 11.3. The van der Waals surface area contributed by atoms with Gasteiger partial charge < -0.3 is 27.5 Å². The lowest BCUT2D eigenvalue weighted by molar-refractivity contribution is -0.165. The summed E-state index contributed by atoms with van der Waals surface area (Å²) in [4.78, 5) is 0. The molecule has 3 atom stereocenters. The molecular weight excluding hydrogens is 340 g/mol. The van der Waals surface area contributed by atoms with Crippen molar-refractivity contribution in [3.63, 3.8) is 0 Å². The quantitative estimate of drug-likeness (QED) is 0.201. The summed E-state index contributed by atoms with van der Waals surface area (Å²) in [7, 11) is -2.44. The van der Waals surface area contributed by atoms with Crippen LogP contribution in [0.25, 0.3) is 0 Å². The Bertz CT molecular complexity index is 239. The normalized spacial score (nSPS) is 16.6. The Morgan fingerprint density at radius 1 is 0.560 bits per heavy atom. The molecule has 0 saturated carbocycles. The molecule has 0 spiro atoms. The molecule has 0 aromatic carbocycles. The molecule has 152 valence electrons. The SMILES string of the molecule is CCCCOC(C)O[SiH](OC(C)OCCCC)OC(C)OCCCC. The van der Waals surface area contributed by atoms with Crippen molar-refractivity contribution in [1.29, 1.82) is 0 Å². The zero-order chi connectivity index (χ0) is 18.9. The second-order valence-electron chi connectivity index (χ2n) is 6.07. The summed E-state index contributed by atoms with van der Waals surface area (Å²) in [6, 6.07) is 0. The molecular formula is C18H40O6Si. The van der Waals surface area contributed by atoms with Crippen molar-refractivity contribution in [2.45, 2.75) is 98.9 Å². The van der Waals surface area contributed by atoms with E-state index in [0.717, 1.165) is 38.5 Å². The second-order valence-corrected chi connectivity index (χ2v) is 7.47. The minimum atomic E-state index is -2.44. The molecule has 7 heteroatoms. The van der Waals surface area contributed by atoms with E-state index in [1.807, 2.05) is 20.8 Å². The molecule has 0 N–H and O–H groups in total. The van der Waals surface area contributed by atoms with Crippen LogP contribution < -0.4 is 0 Å². The number of rotatable bonds is 18. The highest BCUT2D eigenvalue weighted by molar-refractivity contribution is 6.36. The third-order valence-electron chi connectivity index (χ3n) is 3.46. The van der Waals surface area contributed by atoms with Gasteiger partial charge >= 0.3 is 9.53 Å². The lowest BCUT2D eigenvalue weighted by Gasteiger charge is -2.26. The Morgan fingerprint density at radius 3 is 1.08 bits per heavy atom. The topological polar surface area (TPSA) is 55.4 Å². The van der Waals surface area contributed by atoms with E-state index in [2.05, 4.69) is 20.8 Å². The van der Waals surface area contributed by atoms with Crippen LogP contribution in [0.2, 0.25) is 0 Å². The van der Waals surface area contributed by atoms with Crippen LogP contribution in [0.3, 0.4) is 0 Å². The lowest BCUT2D eigenvalue weighted by atomic mass is 10.4. The van der Waals surface area contributed by atoms with Crippen molar-refractivity contribution in [2.75, 3.05) is 19.8 Å². The van der Waals surface area contributed by atoms with Crippen LogP contribution in [0.1, 0.15) is 80.1 Å². The van der Waals surface area contributed by atoms with E-state index in [9.17, 15) is 0 Å². The van der Waals surface area contributed by atoms with Gasteiger partial charge in [0.15, 0.2) is 0 Å². The van der Waals surface area contributed by atoms with Gasteiger partial charge in [0.2, 0.25) is 0 Å². The zero-order valence-electron chi connectivity index (χ0n) is 17.1. The van der Waals surface area contributed by atoms with Crippen LogP contribution >= 0.6 is 0 Å². The summed E-state index contributed by atoms with van der Waals surface area (Å²) >= 11 is 0. The maximum absolute atomic E-state index is 5.86. The van der Waals surface area contributed by atoms with E-state index in [4.69, 9.17) is 27.5 Å². The maximum atomic E-state index is 5.86. The van der Waals surface area contributed by atoms with Crippen molar-refractivity contribution >= 4 is 9.53 Å². The number of hydrogen-bond acceptors (Lipinski definition) is 6. The first kappa shape index (κ1) is 25.0. The Kier molecular flexibility index (Phi) is 17.4. The van der Waals surface area contributed by atoms with E-state index < -0.39 is 9.53 Å². The van der Waals surface area contributed by atoms with Gasteiger partial charge in [0, 0.05) is 19.8 Å². The van der Waals surface area contributed by atoms with Crippen molar-refractivity contribution in [3.8, 4) is 0 Å². The number of ether oxygens (including phenoxy) is 3. The van der Waals surface area contributed by atoms with Crippen LogP contribution in [0, 0.1) is 0 Å². The van der Waals surface area contributed by atoms with Gasteiger partial charge in [-0.1, -0.05) is 40.0 Å². The molecule has 0 aliphatic carbocycles. The third kappa shape index (κ3) is 15.9. The van der Waals surface area contributed by atoms with Crippen molar-refractivity contribution in [1.82, 2.24) is 0 Å². The Morgan fingerprint density at radius 2 is 0.840 bits per heavy atom. The Balaban J connectivity index is 4.37. The predicted octanol–water partition coefficient (Wildman–Crippen LogP) is 4.24. The van der Waals surface area contributed by atoms with E-state index in [0.29, 0.717) is 19.8 Å². The number of unbranched alkanes of at least 4 members (excludes halogenated alkanes) is 3. The van der Waals surface area contributed by atoms with Gasteiger partial charge in [-0.15, -0.1) is 0 Å². The summed E-state index contributed by atoms with van der Waals surface area (Å²) in [5, 5.41) is 0. The average molecular weight is 381 g/mol. The summed E-state index contributed by atoms with van der Waals surface area (Å²) in [5.41, 5.74) is 0. The van der Waals surface area contributed by atoms with Crippen molar-refractivity contribution in [2.24, 2.45) is 0 Å². The fourth-order valence-electron chi connectivity index (χ4n) is 1.86. The fourth-order valence-corrected chi connectivity index (χ4v) is 3.23. The molecule has 0 aromatic rings. The molecule has 25 heavy (non-hydrogen) atoms. The minimum Gasteiger partial charge on any atom is -0.354 e. The summed E-state index contributed by atoms with van der Waals surface area (Å²) < 4.78 is 34.5. The van der Waals surface area contributed by atoms with Crippen LogP contribution in [-0.2, 0) is 27.5 Å². The van der Waals surface area contributed by atoms with E-state index >= 15 is 0 Å². The Labute approximate surface area is 156 Å². The molecule has 0 amide bonds. The second kappa shape index (κ2) is 17.4. The fraction of sp³-hybridized carbons (Fsp3) is 1.00. The van der Waals surface area contributed by atoms with Gasteiger partial charge in [-0.05, 0) is 40.0 Å². The number of hydrogen-bond donors (Lipinski definition) is 0. The minimum absolute atomic E-state index is 0.367. The van der Waals surface area contributed by atoms with Gasteiger partial charge in [0.25, 0.3) is 0 Å². The highest BCUT2D eigenvalue weighted by atomic mass is 28.3. The molecule has 6 nitrogen and oxygen atoms in total. The van der Waals surface area contributed by atoms with Gasteiger partial charge in [-0.3, -0.25) is 0 Å². The largest absolute Gasteiger partial charge is 0.490 e. The van der Waals surface area contributed by atoms with Crippen LogP contribution in [0.5, 0.6) is 0 Å². The molecule has 0 aliphatic heterocycles. The smallest absolute Gasteiger partial charge is 0.354 e. The average Bonchev–Trinajstić information content (AvgIpc) is 2.55. The maximum Gasteiger partial charge on any atom is 0.490 e. The van der Waals surface area contributed by atoms with Gasteiger partial charge in [-0.2, -0.15) is 0 Å². The van der Waals surface area contributed by atoms with Crippen molar-refractivity contribution in [3.05, 3.63) is 0 Å². The van der Waals surface area contributed by atoms with Gasteiger partial charge in [0.05, 0.1) is 0 Å². The Hall–Kier alpha value is -0.0231. The molecule has 0 rings (SSSR count). The van der Waals surface area contributed by atoms with Crippen LogP contribution in [-0.4, -0.2) is 48.2 Å². The summed E-state index contributed by atoms with van der Waals surface area (Å²) in [6.45, 7) is 14.0. The van der Waals surface area contributed by atoms with Crippen LogP contribution in [0.4, 0.5) is 0 Å². The van der Waals surface area contributed by atoms with Crippen molar-refractivity contribution < 1.29 is 27.5 Å². The highest BCUT2D eigenvalue weighted by Crippen LogP contribution is 2.09. The first-order valence-electron chi connectivity index (χ1n) is 9.84. The van der Waals surface area contributed by atoms with Gasteiger partial charge in [-0.25, -0.2) is 0 Å². The van der Waals surface area contributed by atoms with Gasteiger partial charge in [0.1, 0.15) is 18.9 Å². The molecule has 0 aliphatic rings.